The molecule has 2 amide bonds. The van der Waals surface area contributed by atoms with E-state index in [1.807, 2.05) is 50.2 Å². The number of rotatable bonds is 3. The van der Waals surface area contributed by atoms with Gasteiger partial charge >= 0.3 is 0 Å². The van der Waals surface area contributed by atoms with E-state index in [-0.39, 0.29) is 42.3 Å². The van der Waals surface area contributed by atoms with Gasteiger partial charge in [-0.05, 0) is 55.0 Å². The Morgan fingerprint density at radius 2 is 1.91 bits per heavy atom. The number of hydrogen-bond donors (Lipinski definition) is 3. The molecule has 8 heteroatoms. The van der Waals surface area contributed by atoms with Crippen molar-refractivity contribution in [3.63, 3.8) is 0 Å². The van der Waals surface area contributed by atoms with Crippen LogP contribution in [0.25, 0.3) is 0 Å². The van der Waals surface area contributed by atoms with Crippen molar-refractivity contribution in [2.45, 2.75) is 69.7 Å². The maximum atomic E-state index is 13.3. The number of fused-ring (bicyclic) bond motifs is 2. The second-order valence-electron chi connectivity index (χ2n) is 11.0. The van der Waals surface area contributed by atoms with Crippen LogP contribution in [0.5, 0.6) is 5.75 Å². The van der Waals surface area contributed by atoms with E-state index in [4.69, 9.17) is 10.5 Å². The second kappa shape index (κ2) is 8.09. The summed E-state index contributed by atoms with van der Waals surface area (Å²) in [6, 6.07) is 12.1. The fourth-order valence-electron chi connectivity index (χ4n) is 5.60. The van der Waals surface area contributed by atoms with Crippen molar-refractivity contribution in [2.24, 2.45) is 10.7 Å². The number of para-hydroxylation sites is 1. The van der Waals surface area contributed by atoms with Gasteiger partial charge in [-0.15, -0.1) is 0 Å². The van der Waals surface area contributed by atoms with Crippen LogP contribution in [-0.2, 0) is 10.2 Å². The highest BCUT2D eigenvalue weighted by atomic mass is 16.5. The van der Waals surface area contributed by atoms with E-state index in [1.54, 1.807) is 11.0 Å². The minimum absolute atomic E-state index is 0.0621. The van der Waals surface area contributed by atoms with E-state index in [0.717, 1.165) is 16.7 Å². The summed E-state index contributed by atoms with van der Waals surface area (Å²) in [7, 11) is 0. The van der Waals surface area contributed by atoms with E-state index < -0.39 is 17.7 Å². The molecule has 1 aliphatic carbocycles. The molecule has 0 spiro atoms. The Bertz CT molecular complexity index is 1240. The molecule has 0 bridgehead atoms. The number of aliphatic hydroxyl groups is 1. The Balaban J connectivity index is 1.47. The zero-order valence-corrected chi connectivity index (χ0v) is 20.5. The summed E-state index contributed by atoms with van der Waals surface area (Å²) in [5.74, 6) is 0.509. The molecule has 35 heavy (non-hydrogen) atoms. The van der Waals surface area contributed by atoms with Crippen LogP contribution < -0.4 is 15.8 Å². The first-order chi connectivity index (χ1) is 16.5. The normalized spacial score (nSPS) is 26.3. The molecule has 0 unspecified atom stereocenters. The summed E-state index contributed by atoms with van der Waals surface area (Å²) in [5.41, 5.74) is 8.75. The summed E-state index contributed by atoms with van der Waals surface area (Å²) in [4.78, 5) is 32.6. The molecule has 5 rings (SSSR count). The van der Waals surface area contributed by atoms with Gasteiger partial charge in [0.2, 0.25) is 5.91 Å². The van der Waals surface area contributed by atoms with Crippen LogP contribution in [0, 0.1) is 0 Å². The van der Waals surface area contributed by atoms with Crippen molar-refractivity contribution in [3.8, 4) is 5.75 Å². The Hall–Kier alpha value is -3.39. The number of hydrogen-bond acceptors (Lipinski definition) is 6. The molecule has 3 aliphatic rings. The maximum absolute atomic E-state index is 13.3. The van der Waals surface area contributed by atoms with Crippen molar-refractivity contribution in [3.05, 3.63) is 64.7 Å². The number of ether oxygens (including phenoxy) is 1. The summed E-state index contributed by atoms with van der Waals surface area (Å²) < 4.78 is 5.59. The van der Waals surface area contributed by atoms with Gasteiger partial charge < -0.3 is 20.9 Å². The van der Waals surface area contributed by atoms with Gasteiger partial charge in [0, 0.05) is 11.1 Å². The van der Waals surface area contributed by atoms with Gasteiger partial charge in [-0.2, -0.15) is 0 Å². The predicted octanol–water partition coefficient (Wildman–Crippen LogP) is 2.96. The van der Waals surface area contributed by atoms with Crippen LogP contribution in [0.3, 0.4) is 0 Å². The number of aliphatic hydroxyl groups excluding tert-OH is 1. The number of nitrogens with zero attached hydrogens (tertiary/aromatic N) is 2. The summed E-state index contributed by atoms with van der Waals surface area (Å²) in [6.07, 6.45) is 0.101. The average Bonchev–Trinajstić information content (AvgIpc) is 3.04. The van der Waals surface area contributed by atoms with Crippen LogP contribution in [0.4, 0.5) is 0 Å². The number of benzene rings is 2. The van der Waals surface area contributed by atoms with Gasteiger partial charge in [-0.3, -0.25) is 14.5 Å². The number of amides is 2. The molecule has 0 saturated heterocycles. The average molecular weight is 477 g/mol. The SMILES string of the molecule is CC1(C)CC(=O)N([C@@H]2CC(C)(C)c3ccc(C(=O)N[C@@H]4c5ccccc5OC[C@H]4O)cc32)C(N)=N1. The van der Waals surface area contributed by atoms with Gasteiger partial charge in [-0.1, -0.05) is 38.1 Å². The van der Waals surface area contributed by atoms with Gasteiger partial charge in [-0.25, -0.2) is 4.99 Å². The Morgan fingerprint density at radius 1 is 1.17 bits per heavy atom. The quantitative estimate of drug-likeness (QED) is 0.630. The number of nitrogens with two attached hydrogens (primary N) is 1. The van der Waals surface area contributed by atoms with Gasteiger partial charge in [0.15, 0.2) is 5.96 Å². The van der Waals surface area contributed by atoms with E-state index in [0.29, 0.717) is 17.7 Å². The van der Waals surface area contributed by atoms with E-state index >= 15 is 0 Å². The molecule has 2 aromatic rings. The minimum Gasteiger partial charge on any atom is -0.490 e. The third kappa shape index (κ3) is 4.05. The molecule has 3 atom stereocenters. The van der Waals surface area contributed by atoms with Crippen molar-refractivity contribution in [1.82, 2.24) is 10.2 Å². The van der Waals surface area contributed by atoms with Crippen molar-refractivity contribution in [1.29, 1.82) is 0 Å². The zero-order valence-electron chi connectivity index (χ0n) is 20.5. The van der Waals surface area contributed by atoms with Crippen molar-refractivity contribution >= 4 is 17.8 Å². The second-order valence-corrected chi connectivity index (χ2v) is 11.0. The van der Waals surface area contributed by atoms with Crippen LogP contribution in [-0.4, -0.2) is 46.0 Å². The number of nitrogens with one attached hydrogen (secondary N) is 1. The van der Waals surface area contributed by atoms with E-state index in [1.165, 1.54) is 0 Å². The van der Waals surface area contributed by atoms with Crippen LogP contribution in [0.15, 0.2) is 47.5 Å². The van der Waals surface area contributed by atoms with Crippen LogP contribution in [0.2, 0.25) is 0 Å². The Labute approximate surface area is 205 Å². The van der Waals surface area contributed by atoms with E-state index in [2.05, 4.69) is 24.2 Å². The third-order valence-corrected chi connectivity index (χ3v) is 7.27. The number of aliphatic imine (C=N–C) groups is 1. The molecule has 2 aliphatic heterocycles. The smallest absolute Gasteiger partial charge is 0.251 e. The standard InChI is InChI=1S/C27H32N4O4/c1-26(2)12-19(31-22(33)13-27(3,4)30-25(31)28)17-11-15(9-10-18(17)26)24(34)29-23-16-7-5-6-8-21(16)35-14-20(23)32/h5-11,19-20,23,32H,12-14H2,1-4H3,(H2,28,30)(H,29,34)/t19-,20-,23-/m1/s1. The number of carbonyl (C=O) groups is 2. The predicted molar refractivity (Wildman–Crippen MR) is 132 cm³/mol. The van der Waals surface area contributed by atoms with Gasteiger partial charge in [0.05, 0.1) is 24.0 Å². The Kier molecular flexibility index (Phi) is 5.40. The summed E-state index contributed by atoms with van der Waals surface area (Å²) in [5, 5.41) is 13.5. The molecule has 0 aromatic heterocycles. The first kappa shape index (κ1) is 23.4. The molecular weight excluding hydrogens is 444 g/mol. The Morgan fingerprint density at radius 3 is 2.66 bits per heavy atom. The summed E-state index contributed by atoms with van der Waals surface area (Å²) >= 11 is 0. The molecule has 4 N–H and O–H groups in total. The minimum atomic E-state index is -0.861. The fourth-order valence-corrected chi connectivity index (χ4v) is 5.60. The highest BCUT2D eigenvalue weighted by Crippen LogP contribution is 2.48. The van der Waals surface area contributed by atoms with Crippen LogP contribution in [0.1, 0.15) is 79.7 Å². The molecule has 184 valence electrons. The lowest BCUT2D eigenvalue weighted by Gasteiger charge is -2.37. The highest BCUT2D eigenvalue weighted by molar-refractivity contribution is 6.00. The van der Waals surface area contributed by atoms with Gasteiger partial charge in [0.1, 0.15) is 18.5 Å². The monoisotopic (exact) mass is 476 g/mol. The molecule has 2 heterocycles. The van der Waals surface area contributed by atoms with Crippen molar-refractivity contribution < 1.29 is 19.4 Å². The lowest BCUT2D eigenvalue weighted by molar-refractivity contribution is -0.131. The first-order valence-electron chi connectivity index (χ1n) is 12.0. The largest absolute Gasteiger partial charge is 0.490 e. The van der Waals surface area contributed by atoms with Gasteiger partial charge in [0.25, 0.3) is 5.91 Å². The highest BCUT2D eigenvalue weighted by Gasteiger charge is 2.45. The molecule has 2 aromatic carbocycles. The molecule has 8 nitrogen and oxygen atoms in total. The number of guanidine groups is 1. The van der Waals surface area contributed by atoms with Crippen LogP contribution >= 0.6 is 0 Å². The zero-order chi connectivity index (χ0) is 25.1. The fraction of sp³-hybridized carbons (Fsp3) is 0.444. The lowest BCUT2D eigenvalue weighted by Crippen LogP contribution is -2.51. The summed E-state index contributed by atoms with van der Waals surface area (Å²) in [6.45, 7) is 8.16. The maximum Gasteiger partial charge on any atom is 0.251 e. The topological polar surface area (TPSA) is 117 Å². The molecule has 0 radical (unpaired) electrons. The molecule has 0 fully saturated rings. The lowest BCUT2D eigenvalue weighted by atomic mass is 9.86. The molecule has 0 saturated carbocycles. The first-order valence-corrected chi connectivity index (χ1v) is 12.0. The number of carbonyl (C=O) groups excluding carboxylic acids is 2. The van der Waals surface area contributed by atoms with E-state index in [9.17, 15) is 14.7 Å². The third-order valence-electron chi connectivity index (χ3n) is 7.27. The van der Waals surface area contributed by atoms with Crippen molar-refractivity contribution in [2.75, 3.05) is 6.61 Å². The molecular formula is C27H32N4O4.